The van der Waals surface area contributed by atoms with Gasteiger partial charge in [0, 0.05) is 27.7 Å². The minimum atomic E-state index is 0.124. The second-order valence-corrected chi connectivity index (χ2v) is 8.31. The molecule has 108 valence electrons. The monoisotopic (exact) mass is 315 g/mol. The maximum Gasteiger partial charge on any atom is 0.160 e. The van der Waals surface area contributed by atoms with Gasteiger partial charge in [-0.05, 0) is 31.2 Å². The van der Waals surface area contributed by atoms with Crippen molar-refractivity contribution in [1.82, 2.24) is 9.88 Å². The zero-order valence-corrected chi connectivity index (χ0v) is 13.7. The summed E-state index contributed by atoms with van der Waals surface area (Å²) in [6.45, 7) is 5.52. The number of rotatable bonds is 2. The van der Waals surface area contributed by atoms with Crippen molar-refractivity contribution in [3.05, 3.63) is 52.0 Å². The molecule has 0 bridgehead atoms. The van der Waals surface area contributed by atoms with Crippen LogP contribution in [0.25, 0.3) is 0 Å². The molecule has 4 heterocycles. The Kier molecular flexibility index (Phi) is 3.27. The van der Waals surface area contributed by atoms with Gasteiger partial charge in [-0.15, -0.1) is 11.3 Å². The summed E-state index contributed by atoms with van der Waals surface area (Å²) in [6.07, 6.45) is 1.87. The van der Waals surface area contributed by atoms with E-state index in [1.54, 1.807) is 0 Å². The largest absolute Gasteiger partial charge is 0.340 e. The van der Waals surface area contributed by atoms with Crippen molar-refractivity contribution in [2.24, 2.45) is 4.99 Å². The van der Waals surface area contributed by atoms with Crippen LogP contribution in [0.5, 0.6) is 0 Å². The Morgan fingerprint density at radius 1 is 1.24 bits per heavy atom. The highest BCUT2D eigenvalue weighted by Gasteiger charge is 2.43. The van der Waals surface area contributed by atoms with E-state index in [2.05, 4.69) is 48.0 Å². The van der Waals surface area contributed by atoms with E-state index in [9.17, 15) is 0 Å². The number of thiophene rings is 1. The summed E-state index contributed by atoms with van der Waals surface area (Å²) in [6, 6.07) is 11.0. The summed E-state index contributed by atoms with van der Waals surface area (Å²) in [7, 11) is 0. The molecule has 2 aliphatic heterocycles. The van der Waals surface area contributed by atoms with E-state index in [-0.39, 0.29) is 6.04 Å². The normalized spacial score (nSPS) is 27.8. The average molecular weight is 315 g/mol. The first-order valence-electron chi connectivity index (χ1n) is 7.21. The molecule has 4 rings (SSSR count). The molecule has 0 N–H and O–H groups in total. The van der Waals surface area contributed by atoms with Gasteiger partial charge in [0.1, 0.15) is 6.04 Å². The predicted molar refractivity (Wildman–Crippen MR) is 90.0 cm³/mol. The van der Waals surface area contributed by atoms with Crippen LogP contribution in [-0.2, 0) is 0 Å². The Labute approximate surface area is 133 Å². The number of hydrogen-bond donors (Lipinski definition) is 0. The lowest BCUT2D eigenvalue weighted by atomic mass is 10.0. The molecule has 3 nitrogen and oxygen atoms in total. The number of amidine groups is 1. The zero-order valence-electron chi connectivity index (χ0n) is 12.1. The van der Waals surface area contributed by atoms with Gasteiger partial charge in [-0.2, -0.15) is 0 Å². The van der Waals surface area contributed by atoms with Crippen LogP contribution >= 0.6 is 23.1 Å². The first-order chi connectivity index (χ1) is 10.2. The molecule has 0 radical (unpaired) electrons. The molecule has 0 saturated carbocycles. The fourth-order valence-corrected chi connectivity index (χ4v) is 5.15. The van der Waals surface area contributed by atoms with Gasteiger partial charge in [0.2, 0.25) is 0 Å². The molecule has 2 aromatic rings. The average Bonchev–Trinajstić information content (AvgIpc) is 3.13. The molecule has 0 aliphatic carbocycles. The van der Waals surface area contributed by atoms with Gasteiger partial charge in [-0.3, -0.25) is 9.98 Å². The van der Waals surface area contributed by atoms with Crippen LogP contribution in [0.2, 0.25) is 0 Å². The van der Waals surface area contributed by atoms with Crippen molar-refractivity contribution in [2.45, 2.75) is 31.2 Å². The van der Waals surface area contributed by atoms with E-state index in [0.29, 0.717) is 11.3 Å². The van der Waals surface area contributed by atoms with Crippen molar-refractivity contribution < 1.29 is 0 Å². The van der Waals surface area contributed by atoms with Gasteiger partial charge in [0.15, 0.2) is 5.17 Å². The molecule has 0 unspecified atom stereocenters. The maximum atomic E-state index is 4.99. The minimum Gasteiger partial charge on any atom is -0.340 e. The minimum absolute atomic E-state index is 0.124. The summed E-state index contributed by atoms with van der Waals surface area (Å²) in [5.41, 5.74) is 1.07. The highest BCUT2D eigenvalue weighted by atomic mass is 32.2. The number of aromatic nitrogens is 1. The molecular formula is C16H17N3S2. The highest BCUT2D eigenvalue weighted by molar-refractivity contribution is 8.14. The van der Waals surface area contributed by atoms with Crippen molar-refractivity contribution in [1.29, 1.82) is 0 Å². The molecular weight excluding hydrogens is 298 g/mol. The number of pyridine rings is 1. The van der Waals surface area contributed by atoms with Gasteiger partial charge < -0.3 is 4.90 Å². The van der Waals surface area contributed by atoms with E-state index in [4.69, 9.17) is 4.99 Å². The van der Waals surface area contributed by atoms with Crippen LogP contribution in [0, 0.1) is 6.92 Å². The molecule has 0 aromatic carbocycles. The van der Waals surface area contributed by atoms with Gasteiger partial charge in [0.05, 0.1) is 11.7 Å². The Balaban J connectivity index is 1.77. The molecule has 5 heteroatoms. The van der Waals surface area contributed by atoms with E-state index >= 15 is 0 Å². The van der Waals surface area contributed by atoms with Gasteiger partial charge in [-0.25, -0.2) is 0 Å². The van der Waals surface area contributed by atoms with E-state index in [0.717, 1.165) is 12.2 Å². The van der Waals surface area contributed by atoms with Gasteiger partial charge >= 0.3 is 0 Å². The molecule has 3 atom stereocenters. The number of nitrogens with zero attached hydrogens (tertiary/aromatic N) is 3. The van der Waals surface area contributed by atoms with Crippen molar-refractivity contribution in [3.63, 3.8) is 0 Å². The van der Waals surface area contributed by atoms with Crippen LogP contribution in [-0.4, -0.2) is 26.8 Å². The van der Waals surface area contributed by atoms with Crippen LogP contribution in [0.15, 0.2) is 41.5 Å². The smallest absolute Gasteiger partial charge is 0.160 e. The summed E-state index contributed by atoms with van der Waals surface area (Å²) in [4.78, 5) is 14.8. The van der Waals surface area contributed by atoms with E-state index < -0.39 is 0 Å². The first kappa shape index (κ1) is 13.3. The topological polar surface area (TPSA) is 28.5 Å². The number of thioether (sulfide) groups is 1. The molecule has 0 spiro atoms. The quantitative estimate of drug-likeness (QED) is 0.837. The molecule has 1 saturated heterocycles. The third-order valence-electron chi connectivity index (χ3n) is 3.93. The highest BCUT2D eigenvalue weighted by Crippen LogP contribution is 2.48. The second kappa shape index (κ2) is 5.14. The molecule has 2 aliphatic rings. The lowest BCUT2D eigenvalue weighted by molar-refractivity contribution is 0.326. The Hall–Kier alpha value is -1.33. The number of fused-ring (bicyclic) bond motifs is 1. The lowest BCUT2D eigenvalue weighted by Crippen LogP contribution is -2.27. The third-order valence-corrected chi connectivity index (χ3v) is 6.11. The molecule has 2 aromatic heterocycles. The maximum absolute atomic E-state index is 4.99. The summed E-state index contributed by atoms with van der Waals surface area (Å²) in [5, 5.41) is 1.81. The van der Waals surface area contributed by atoms with Crippen molar-refractivity contribution >= 4 is 28.3 Å². The van der Waals surface area contributed by atoms with Gasteiger partial charge in [-0.1, -0.05) is 24.8 Å². The number of aliphatic imine (C=N–C) groups is 1. The predicted octanol–water partition coefficient (Wildman–Crippen LogP) is 4.04. The van der Waals surface area contributed by atoms with E-state index in [1.807, 2.05) is 35.4 Å². The standard InChI is InChI=1S/C16H17N3S2/c1-10-6-7-13(20-10)15-14(12-5-3-4-8-17-12)18-16-19(15)9-11(2)21-16/h3-8,11,14-15H,9H2,1-2H3/t11-,14+,15-/m1/s1. The SMILES string of the molecule is Cc1ccc([C@@H]2[C@H](c3ccccn3)N=C3S[C@H](C)CN32)s1. The fourth-order valence-electron chi connectivity index (χ4n) is 3.04. The number of hydrogen-bond acceptors (Lipinski definition) is 5. The van der Waals surface area contributed by atoms with Crippen LogP contribution in [0.3, 0.4) is 0 Å². The first-order valence-corrected chi connectivity index (χ1v) is 8.90. The van der Waals surface area contributed by atoms with Crippen molar-refractivity contribution in [2.75, 3.05) is 6.54 Å². The molecule has 21 heavy (non-hydrogen) atoms. The second-order valence-electron chi connectivity index (χ2n) is 5.59. The van der Waals surface area contributed by atoms with E-state index in [1.165, 1.54) is 14.9 Å². The Morgan fingerprint density at radius 2 is 2.14 bits per heavy atom. The van der Waals surface area contributed by atoms with Crippen LogP contribution < -0.4 is 0 Å². The molecule has 1 fully saturated rings. The Morgan fingerprint density at radius 3 is 2.86 bits per heavy atom. The van der Waals surface area contributed by atoms with Crippen LogP contribution in [0.4, 0.5) is 0 Å². The summed E-state index contributed by atoms with van der Waals surface area (Å²) in [5.74, 6) is 0. The zero-order chi connectivity index (χ0) is 14.4. The van der Waals surface area contributed by atoms with Gasteiger partial charge in [0.25, 0.3) is 0 Å². The Bertz CT molecular complexity index is 680. The molecule has 0 amide bonds. The summed E-state index contributed by atoms with van der Waals surface area (Å²) < 4.78 is 0. The summed E-state index contributed by atoms with van der Waals surface area (Å²) >= 11 is 3.77. The third kappa shape index (κ3) is 2.28. The fraction of sp³-hybridized carbons (Fsp3) is 0.375. The van der Waals surface area contributed by atoms with Crippen LogP contribution in [0.1, 0.15) is 34.5 Å². The van der Waals surface area contributed by atoms with Crippen molar-refractivity contribution in [3.8, 4) is 0 Å². The lowest BCUT2D eigenvalue weighted by Gasteiger charge is -2.25. The number of aryl methyl sites for hydroxylation is 1.